The Balaban J connectivity index is 1.88. The number of nitrogens with zero attached hydrogens (tertiary/aromatic N) is 2. The van der Waals surface area contributed by atoms with E-state index in [-0.39, 0.29) is 11.9 Å². The Morgan fingerprint density at radius 3 is 3.00 bits per heavy atom. The smallest absolute Gasteiger partial charge is 0.245 e. The minimum absolute atomic E-state index is 0.0129. The molecule has 1 aliphatic heterocycles. The third-order valence-electron chi connectivity index (χ3n) is 3.77. The molecular weight excluding hydrogens is 334 g/mol. The van der Waals surface area contributed by atoms with Gasteiger partial charge in [0.2, 0.25) is 5.91 Å². The topological polar surface area (TPSA) is 65.4 Å². The maximum absolute atomic E-state index is 12.4. The number of ether oxygens (including phenoxy) is 1. The quantitative estimate of drug-likeness (QED) is 0.903. The van der Waals surface area contributed by atoms with Crippen molar-refractivity contribution in [1.82, 2.24) is 5.32 Å². The molecule has 1 amide bonds. The number of hydrogen-bond acceptors (Lipinski definition) is 4. The molecule has 5 nitrogen and oxygen atoms in total. The van der Waals surface area contributed by atoms with Crippen molar-refractivity contribution >= 4 is 27.5 Å². The van der Waals surface area contributed by atoms with E-state index in [2.05, 4.69) is 27.3 Å². The molecule has 1 saturated carbocycles. The Kier molecular flexibility index (Phi) is 4.13. The minimum atomic E-state index is -0.374. The van der Waals surface area contributed by atoms with E-state index in [4.69, 9.17) is 4.74 Å². The van der Waals surface area contributed by atoms with Crippen LogP contribution in [0.2, 0.25) is 0 Å². The van der Waals surface area contributed by atoms with Crippen molar-refractivity contribution in [3.05, 3.63) is 28.2 Å². The summed E-state index contributed by atoms with van der Waals surface area (Å²) < 4.78 is 6.21. The molecule has 0 bridgehead atoms. The lowest BCUT2D eigenvalue weighted by molar-refractivity contribution is -0.124. The maximum atomic E-state index is 12.4. The van der Waals surface area contributed by atoms with Gasteiger partial charge in [-0.3, -0.25) is 4.79 Å². The number of hydrogen-bond donors (Lipinski definition) is 1. The second-order valence-electron chi connectivity index (χ2n) is 5.31. The molecule has 1 saturated heterocycles. The summed E-state index contributed by atoms with van der Waals surface area (Å²) in [5, 5.41) is 12.4. The van der Waals surface area contributed by atoms with Crippen LogP contribution in [0.25, 0.3) is 0 Å². The van der Waals surface area contributed by atoms with Crippen molar-refractivity contribution in [3.63, 3.8) is 0 Å². The fraction of sp³-hybridized carbons (Fsp3) is 0.467. The van der Waals surface area contributed by atoms with Crippen LogP contribution in [0.4, 0.5) is 5.69 Å². The number of anilines is 1. The molecule has 2 fully saturated rings. The van der Waals surface area contributed by atoms with Crippen LogP contribution in [-0.4, -0.2) is 37.7 Å². The summed E-state index contributed by atoms with van der Waals surface area (Å²) >= 11 is 3.40. The highest BCUT2D eigenvalue weighted by Gasteiger charge is 2.34. The fourth-order valence-corrected chi connectivity index (χ4v) is 2.94. The number of nitrogens with one attached hydrogen (secondary N) is 1. The molecule has 1 aromatic rings. The highest BCUT2D eigenvalue weighted by atomic mass is 79.9. The van der Waals surface area contributed by atoms with Gasteiger partial charge in [0.25, 0.3) is 0 Å². The van der Waals surface area contributed by atoms with Crippen LogP contribution in [0.3, 0.4) is 0 Å². The number of morpholine rings is 1. The molecule has 1 N–H and O–H groups in total. The zero-order chi connectivity index (χ0) is 14.8. The van der Waals surface area contributed by atoms with Crippen molar-refractivity contribution in [2.24, 2.45) is 0 Å². The lowest BCUT2D eigenvalue weighted by Gasteiger charge is -2.36. The first-order valence-corrected chi connectivity index (χ1v) is 7.83. The zero-order valence-corrected chi connectivity index (χ0v) is 13.1. The Hall–Kier alpha value is -1.58. The first-order chi connectivity index (χ1) is 10.2. The van der Waals surface area contributed by atoms with Crippen molar-refractivity contribution in [2.45, 2.75) is 24.9 Å². The molecular formula is C15H16BrN3O2. The molecule has 1 aromatic carbocycles. The summed E-state index contributed by atoms with van der Waals surface area (Å²) in [4.78, 5) is 14.4. The van der Waals surface area contributed by atoms with Crippen LogP contribution in [0, 0.1) is 11.3 Å². The van der Waals surface area contributed by atoms with Gasteiger partial charge >= 0.3 is 0 Å². The van der Waals surface area contributed by atoms with E-state index in [0.29, 0.717) is 31.4 Å². The van der Waals surface area contributed by atoms with Crippen LogP contribution < -0.4 is 10.2 Å². The van der Waals surface area contributed by atoms with Gasteiger partial charge in [0.15, 0.2) is 0 Å². The van der Waals surface area contributed by atoms with Crippen molar-refractivity contribution < 1.29 is 9.53 Å². The molecule has 2 aliphatic rings. The molecule has 1 unspecified atom stereocenters. The molecule has 0 aromatic heterocycles. The summed E-state index contributed by atoms with van der Waals surface area (Å²) in [6, 6.07) is 7.75. The minimum Gasteiger partial charge on any atom is -0.377 e. The number of carbonyl (C=O) groups is 1. The number of carbonyl (C=O) groups excluding carboxylic acids is 1. The van der Waals surface area contributed by atoms with Gasteiger partial charge in [0.05, 0.1) is 24.5 Å². The van der Waals surface area contributed by atoms with Crippen LogP contribution in [-0.2, 0) is 9.53 Å². The molecule has 110 valence electrons. The van der Waals surface area contributed by atoms with Crippen LogP contribution >= 0.6 is 15.9 Å². The molecule has 1 heterocycles. The lowest BCUT2D eigenvalue weighted by atomic mass is 10.1. The summed E-state index contributed by atoms with van der Waals surface area (Å²) in [6.07, 6.45) is 2.11. The number of halogens is 1. The van der Waals surface area contributed by atoms with Crippen molar-refractivity contribution in [2.75, 3.05) is 24.7 Å². The Bertz CT molecular complexity index is 595. The Morgan fingerprint density at radius 2 is 2.29 bits per heavy atom. The van der Waals surface area contributed by atoms with Crippen molar-refractivity contribution in [3.8, 4) is 6.07 Å². The Labute approximate surface area is 132 Å². The highest BCUT2D eigenvalue weighted by Crippen LogP contribution is 2.30. The van der Waals surface area contributed by atoms with E-state index in [1.165, 1.54) is 0 Å². The molecule has 3 rings (SSSR count). The monoisotopic (exact) mass is 349 g/mol. The van der Waals surface area contributed by atoms with Gasteiger partial charge in [-0.05, 0) is 40.9 Å². The molecule has 21 heavy (non-hydrogen) atoms. The van der Waals surface area contributed by atoms with Gasteiger partial charge in [0.1, 0.15) is 12.1 Å². The molecule has 1 atom stereocenters. The summed E-state index contributed by atoms with van der Waals surface area (Å²) in [5.41, 5.74) is 1.34. The van der Waals surface area contributed by atoms with Gasteiger partial charge in [-0.2, -0.15) is 5.26 Å². The average Bonchev–Trinajstić information content (AvgIpc) is 3.31. The van der Waals surface area contributed by atoms with E-state index in [1.54, 1.807) is 0 Å². The third-order valence-corrected chi connectivity index (χ3v) is 4.43. The summed E-state index contributed by atoms with van der Waals surface area (Å²) in [7, 11) is 0. The van der Waals surface area contributed by atoms with Crippen LogP contribution in [0.5, 0.6) is 0 Å². The summed E-state index contributed by atoms with van der Waals surface area (Å²) in [6.45, 7) is 1.52. The van der Waals surface area contributed by atoms with Gasteiger partial charge < -0.3 is 15.0 Å². The number of rotatable bonds is 3. The van der Waals surface area contributed by atoms with Gasteiger partial charge in [0, 0.05) is 17.1 Å². The zero-order valence-electron chi connectivity index (χ0n) is 11.5. The SMILES string of the molecule is N#Cc1c(Br)cccc1N1CCOCC1C(=O)NC1CC1. The third kappa shape index (κ3) is 3.04. The van der Waals surface area contributed by atoms with Gasteiger partial charge in [-0.1, -0.05) is 6.07 Å². The number of amides is 1. The second kappa shape index (κ2) is 6.04. The number of nitriles is 1. The lowest BCUT2D eigenvalue weighted by Crippen LogP contribution is -2.54. The largest absolute Gasteiger partial charge is 0.377 e. The standard InChI is InChI=1S/C15H16BrN3O2/c16-12-2-1-3-13(11(12)8-17)19-6-7-21-9-14(19)15(20)18-10-4-5-10/h1-3,10,14H,4-7,9H2,(H,18,20). The van der Waals surface area contributed by atoms with Crippen LogP contribution in [0.15, 0.2) is 22.7 Å². The number of benzene rings is 1. The molecule has 0 spiro atoms. The predicted octanol–water partition coefficient (Wildman–Crippen LogP) is 1.80. The molecule has 6 heteroatoms. The van der Waals surface area contributed by atoms with E-state index < -0.39 is 0 Å². The van der Waals surface area contributed by atoms with E-state index in [1.807, 2.05) is 23.1 Å². The Morgan fingerprint density at radius 1 is 1.48 bits per heavy atom. The predicted molar refractivity (Wildman–Crippen MR) is 82.0 cm³/mol. The normalized spacial score (nSPS) is 21.7. The first-order valence-electron chi connectivity index (χ1n) is 7.04. The van der Waals surface area contributed by atoms with Crippen molar-refractivity contribution in [1.29, 1.82) is 5.26 Å². The second-order valence-corrected chi connectivity index (χ2v) is 6.17. The van der Waals surface area contributed by atoms with Gasteiger partial charge in [-0.25, -0.2) is 0 Å². The highest BCUT2D eigenvalue weighted by molar-refractivity contribution is 9.10. The summed E-state index contributed by atoms with van der Waals surface area (Å²) in [5.74, 6) is -0.0129. The van der Waals surface area contributed by atoms with E-state index in [0.717, 1.165) is 23.0 Å². The first kappa shape index (κ1) is 14.4. The fourth-order valence-electron chi connectivity index (χ4n) is 2.50. The van der Waals surface area contributed by atoms with Crippen LogP contribution in [0.1, 0.15) is 18.4 Å². The van der Waals surface area contributed by atoms with E-state index >= 15 is 0 Å². The average molecular weight is 350 g/mol. The van der Waals surface area contributed by atoms with E-state index in [9.17, 15) is 10.1 Å². The molecule has 0 radical (unpaired) electrons. The van der Waals surface area contributed by atoms with Gasteiger partial charge in [-0.15, -0.1) is 0 Å². The maximum Gasteiger partial charge on any atom is 0.245 e. The molecule has 1 aliphatic carbocycles.